The fourth-order valence-electron chi connectivity index (χ4n) is 1.96. The molecule has 1 nitrogen and oxygen atoms in total. The van der Waals surface area contributed by atoms with Gasteiger partial charge in [0.05, 0.1) is 6.10 Å². The third-order valence-corrected chi connectivity index (χ3v) is 5.02. The van der Waals surface area contributed by atoms with Crippen LogP contribution in [0.1, 0.15) is 28.3 Å². The van der Waals surface area contributed by atoms with Gasteiger partial charge in [-0.25, -0.2) is 0 Å². The molecule has 3 heteroatoms. The molecular weight excluding hydrogens is 260 g/mol. The summed E-state index contributed by atoms with van der Waals surface area (Å²) >= 11 is 3.49. The van der Waals surface area contributed by atoms with E-state index in [0.717, 1.165) is 16.9 Å². The number of hydrogen-bond donors (Lipinski definition) is 1. The molecule has 0 radical (unpaired) electrons. The minimum absolute atomic E-state index is 0.406. The monoisotopic (exact) mass is 278 g/mol. The second-order valence-electron chi connectivity index (χ2n) is 4.18. The van der Waals surface area contributed by atoms with Crippen molar-refractivity contribution in [2.45, 2.75) is 30.8 Å². The van der Waals surface area contributed by atoms with E-state index < -0.39 is 6.10 Å². The highest BCUT2D eigenvalue weighted by molar-refractivity contribution is 7.98. The Labute approximate surface area is 117 Å². The third kappa shape index (κ3) is 3.16. The maximum Gasteiger partial charge on any atom is 0.0849 e. The van der Waals surface area contributed by atoms with Crippen LogP contribution in [0.3, 0.4) is 0 Å². The Hall–Kier alpha value is -0.770. The average Bonchev–Trinajstić information content (AvgIpc) is 2.86. The first-order chi connectivity index (χ1) is 8.74. The predicted octanol–water partition coefficient (Wildman–Crippen LogP) is 4.31. The Morgan fingerprint density at radius 2 is 1.89 bits per heavy atom. The summed E-state index contributed by atoms with van der Waals surface area (Å²) in [4.78, 5) is 3.81. The number of benzene rings is 1. The lowest BCUT2D eigenvalue weighted by molar-refractivity contribution is 0.176. The van der Waals surface area contributed by atoms with Gasteiger partial charge < -0.3 is 5.11 Å². The van der Waals surface area contributed by atoms with Gasteiger partial charge in [0.2, 0.25) is 0 Å². The lowest BCUT2D eigenvalue weighted by atomic mass is 10.1. The van der Waals surface area contributed by atoms with Crippen molar-refractivity contribution in [3.63, 3.8) is 0 Å². The van der Waals surface area contributed by atoms with E-state index in [-0.39, 0.29) is 0 Å². The summed E-state index contributed by atoms with van der Waals surface area (Å²) in [5.74, 6) is 0. The number of hydrogen-bond acceptors (Lipinski definition) is 3. The highest BCUT2D eigenvalue weighted by atomic mass is 32.2. The van der Waals surface area contributed by atoms with Crippen molar-refractivity contribution in [1.29, 1.82) is 0 Å². The number of rotatable bonds is 5. The molecule has 0 saturated carbocycles. The average molecular weight is 278 g/mol. The normalized spacial score (nSPS) is 12.6. The van der Waals surface area contributed by atoms with Gasteiger partial charge in [0.1, 0.15) is 0 Å². The zero-order chi connectivity index (χ0) is 13.0. The fraction of sp³-hybridized carbons (Fsp3) is 0.333. The van der Waals surface area contributed by atoms with Gasteiger partial charge in [0.25, 0.3) is 0 Å². The number of thioether (sulfide) groups is 1. The van der Waals surface area contributed by atoms with Crippen molar-refractivity contribution in [2.75, 3.05) is 6.26 Å². The van der Waals surface area contributed by atoms with Crippen molar-refractivity contribution in [2.24, 2.45) is 0 Å². The van der Waals surface area contributed by atoms with Crippen LogP contribution in [0.2, 0.25) is 0 Å². The van der Waals surface area contributed by atoms with Crippen LogP contribution in [-0.2, 0) is 12.8 Å². The molecule has 1 heterocycles. The van der Waals surface area contributed by atoms with E-state index in [4.69, 9.17) is 0 Å². The van der Waals surface area contributed by atoms with Crippen molar-refractivity contribution in [3.05, 3.63) is 51.7 Å². The second-order valence-corrected chi connectivity index (χ2v) is 6.28. The highest BCUT2D eigenvalue weighted by Gasteiger charge is 2.13. The minimum Gasteiger partial charge on any atom is -0.388 e. The molecule has 1 aromatic heterocycles. The fourth-order valence-corrected chi connectivity index (χ4v) is 3.61. The van der Waals surface area contributed by atoms with Crippen LogP contribution in [0.25, 0.3) is 0 Å². The van der Waals surface area contributed by atoms with Crippen LogP contribution >= 0.6 is 23.1 Å². The largest absolute Gasteiger partial charge is 0.388 e. The van der Waals surface area contributed by atoms with Gasteiger partial charge >= 0.3 is 0 Å². The SMILES string of the molecule is CCc1ccc(CC(O)c2ccccc2SC)s1. The Balaban J connectivity index is 2.13. The van der Waals surface area contributed by atoms with E-state index in [0.29, 0.717) is 6.42 Å². The van der Waals surface area contributed by atoms with Gasteiger partial charge in [-0.3, -0.25) is 0 Å². The van der Waals surface area contributed by atoms with Gasteiger partial charge in [-0.05, 0) is 36.4 Å². The molecular formula is C15H18OS2. The molecule has 0 aliphatic rings. The van der Waals surface area contributed by atoms with Gasteiger partial charge in [-0.1, -0.05) is 25.1 Å². The smallest absolute Gasteiger partial charge is 0.0849 e. The first-order valence-corrected chi connectivity index (χ1v) is 8.17. The zero-order valence-corrected chi connectivity index (χ0v) is 12.4. The first-order valence-electron chi connectivity index (χ1n) is 6.13. The Morgan fingerprint density at radius 3 is 2.56 bits per heavy atom. The van der Waals surface area contributed by atoms with E-state index in [2.05, 4.69) is 25.1 Å². The Bertz CT molecular complexity index is 505. The zero-order valence-electron chi connectivity index (χ0n) is 10.7. The summed E-state index contributed by atoms with van der Waals surface area (Å²) in [7, 11) is 0. The predicted molar refractivity (Wildman–Crippen MR) is 80.6 cm³/mol. The van der Waals surface area contributed by atoms with Crippen LogP contribution in [0, 0.1) is 0 Å². The molecule has 1 aromatic carbocycles. The molecule has 0 fully saturated rings. The molecule has 0 aliphatic carbocycles. The summed E-state index contributed by atoms with van der Waals surface area (Å²) in [5.41, 5.74) is 1.04. The van der Waals surface area contributed by atoms with E-state index in [1.165, 1.54) is 9.75 Å². The summed E-state index contributed by atoms with van der Waals surface area (Å²) < 4.78 is 0. The number of aryl methyl sites for hydroxylation is 1. The maximum atomic E-state index is 10.4. The molecule has 1 N–H and O–H groups in total. The van der Waals surface area contributed by atoms with Crippen LogP contribution < -0.4 is 0 Å². The lowest BCUT2D eigenvalue weighted by Gasteiger charge is -2.13. The van der Waals surface area contributed by atoms with E-state index in [1.54, 1.807) is 23.1 Å². The quantitative estimate of drug-likeness (QED) is 0.822. The van der Waals surface area contributed by atoms with Gasteiger partial charge in [0, 0.05) is 21.1 Å². The Kier molecular flexibility index (Phi) is 4.87. The van der Waals surface area contributed by atoms with Crippen molar-refractivity contribution in [1.82, 2.24) is 0 Å². The van der Waals surface area contributed by atoms with E-state index in [9.17, 15) is 5.11 Å². The molecule has 0 saturated heterocycles. The second kappa shape index (κ2) is 6.41. The topological polar surface area (TPSA) is 20.2 Å². The summed E-state index contributed by atoms with van der Waals surface area (Å²) in [6.07, 6.45) is 3.42. The summed E-state index contributed by atoms with van der Waals surface area (Å²) in [6.45, 7) is 2.16. The number of aliphatic hydroxyl groups excluding tert-OH is 1. The molecule has 18 heavy (non-hydrogen) atoms. The summed E-state index contributed by atoms with van der Waals surface area (Å²) in [5, 5.41) is 10.4. The van der Waals surface area contributed by atoms with Crippen molar-refractivity contribution >= 4 is 23.1 Å². The van der Waals surface area contributed by atoms with Gasteiger partial charge in [-0.2, -0.15) is 0 Å². The third-order valence-electron chi connectivity index (χ3n) is 2.96. The molecule has 2 aromatic rings. The molecule has 0 bridgehead atoms. The first kappa shape index (κ1) is 13.7. The standard InChI is InChI=1S/C15H18OS2/c1-3-11-8-9-12(18-11)10-14(16)13-6-4-5-7-15(13)17-2/h4-9,14,16H,3,10H2,1-2H3. The van der Waals surface area contributed by atoms with Gasteiger partial charge in [-0.15, -0.1) is 23.1 Å². The van der Waals surface area contributed by atoms with Crippen molar-refractivity contribution in [3.8, 4) is 0 Å². The van der Waals surface area contributed by atoms with Gasteiger partial charge in [0.15, 0.2) is 0 Å². The number of thiophene rings is 1. The van der Waals surface area contributed by atoms with Crippen LogP contribution in [0.4, 0.5) is 0 Å². The lowest BCUT2D eigenvalue weighted by Crippen LogP contribution is -2.01. The van der Waals surface area contributed by atoms with Crippen LogP contribution in [0.15, 0.2) is 41.3 Å². The maximum absolute atomic E-state index is 10.4. The highest BCUT2D eigenvalue weighted by Crippen LogP contribution is 2.29. The van der Waals surface area contributed by atoms with Crippen LogP contribution in [-0.4, -0.2) is 11.4 Å². The van der Waals surface area contributed by atoms with Crippen LogP contribution in [0.5, 0.6) is 0 Å². The molecule has 96 valence electrons. The van der Waals surface area contributed by atoms with E-state index in [1.807, 2.05) is 24.5 Å². The molecule has 2 rings (SSSR count). The molecule has 1 atom stereocenters. The molecule has 0 amide bonds. The Morgan fingerprint density at radius 1 is 1.17 bits per heavy atom. The molecule has 0 aliphatic heterocycles. The minimum atomic E-state index is -0.406. The molecule has 1 unspecified atom stereocenters. The summed E-state index contributed by atoms with van der Waals surface area (Å²) in [6, 6.07) is 12.4. The van der Waals surface area contributed by atoms with Crippen molar-refractivity contribution < 1.29 is 5.11 Å². The number of aliphatic hydroxyl groups is 1. The van der Waals surface area contributed by atoms with E-state index >= 15 is 0 Å². The molecule has 0 spiro atoms.